The van der Waals surface area contributed by atoms with Crippen molar-refractivity contribution in [2.24, 2.45) is 5.92 Å². The van der Waals surface area contributed by atoms with Crippen LogP contribution in [-0.2, 0) is 14.3 Å². The van der Waals surface area contributed by atoms with E-state index in [1.807, 2.05) is 13.0 Å². The van der Waals surface area contributed by atoms with E-state index in [1.165, 1.54) is 6.92 Å². The van der Waals surface area contributed by atoms with Gasteiger partial charge in [-0.3, -0.25) is 14.4 Å². The number of hydrogen-bond acceptors (Lipinski definition) is 4. The lowest BCUT2D eigenvalue weighted by Crippen LogP contribution is -2.28. The van der Waals surface area contributed by atoms with E-state index in [2.05, 4.69) is 5.32 Å². The molecule has 0 aliphatic rings. The normalized spacial score (nSPS) is 12.7. The molecule has 0 fully saturated rings. The maximum absolute atomic E-state index is 12.8. The molecule has 0 aromatic heterocycles. The van der Waals surface area contributed by atoms with E-state index < -0.39 is 18.0 Å². The number of nitrogens with one attached hydrogen (secondary N) is 1. The molecule has 1 amide bonds. The zero-order valence-electron chi connectivity index (χ0n) is 15.2. The minimum atomic E-state index is -1.06. The average molecular weight is 353 g/mol. The van der Waals surface area contributed by atoms with Crippen LogP contribution in [0.5, 0.6) is 0 Å². The molecule has 1 N–H and O–H groups in total. The first-order chi connectivity index (χ1) is 12.4. The molecule has 0 radical (unpaired) electrons. The Hall–Kier alpha value is -2.95. The fraction of sp³-hybridized carbons (Fsp3) is 0.286. The van der Waals surface area contributed by atoms with E-state index in [4.69, 9.17) is 4.74 Å². The van der Waals surface area contributed by atoms with Gasteiger partial charge in [0, 0.05) is 16.8 Å². The van der Waals surface area contributed by atoms with Crippen molar-refractivity contribution in [3.05, 3.63) is 65.7 Å². The molecule has 136 valence electrons. The molecule has 2 aromatic rings. The molecule has 0 unspecified atom stereocenters. The molecule has 2 rings (SSSR count). The lowest BCUT2D eigenvalue weighted by atomic mass is 10.1. The van der Waals surface area contributed by atoms with Gasteiger partial charge in [-0.1, -0.05) is 56.3 Å². The first-order valence-electron chi connectivity index (χ1n) is 8.59. The summed E-state index contributed by atoms with van der Waals surface area (Å²) < 4.78 is 5.48. The topological polar surface area (TPSA) is 72.5 Å². The minimum Gasteiger partial charge on any atom is -0.447 e. The Labute approximate surface area is 153 Å². The van der Waals surface area contributed by atoms with Crippen molar-refractivity contribution in [2.45, 2.75) is 33.3 Å². The second-order valence-corrected chi connectivity index (χ2v) is 6.16. The van der Waals surface area contributed by atoms with Gasteiger partial charge in [-0.15, -0.1) is 0 Å². The van der Waals surface area contributed by atoms with Crippen LogP contribution in [0.25, 0.3) is 0 Å². The summed E-state index contributed by atoms with van der Waals surface area (Å²) in [5.74, 6) is -1.28. The molecular weight excluding hydrogens is 330 g/mol. The van der Waals surface area contributed by atoms with Crippen LogP contribution in [0.1, 0.15) is 49.2 Å². The van der Waals surface area contributed by atoms with Crippen LogP contribution in [0, 0.1) is 5.92 Å². The lowest BCUT2D eigenvalue weighted by Gasteiger charge is -2.20. The van der Waals surface area contributed by atoms with Gasteiger partial charge in [0.15, 0.2) is 5.78 Å². The maximum Gasteiger partial charge on any atom is 0.309 e. The minimum absolute atomic E-state index is 0.0936. The molecular formula is C21H23NO4. The van der Waals surface area contributed by atoms with E-state index in [-0.39, 0.29) is 11.7 Å². The quantitative estimate of drug-likeness (QED) is 0.599. The second-order valence-electron chi connectivity index (χ2n) is 6.16. The predicted molar refractivity (Wildman–Crippen MR) is 99.8 cm³/mol. The van der Waals surface area contributed by atoms with E-state index in [0.29, 0.717) is 23.2 Å². The van der Waals surface area contributed by atoms with Gasteiger partial charge in [-0.05, 0) is 25.5 Å². The monoisotopic (exact) mass is 353 g/mol. The van der Waals surface area contributed by atoms with Crippen LogP contribution in [-0.4, -0.2) is 17.7 Å². The van der Waals surface area contributed by atoms with Gasteiger partial charge < -0.3 is 10.1 Å². The smallest absolute Gasteiger partial charge is 0.309 e. The van der Waals surface area contributed by atoms with Crippen LogP contribution in [0.15, 0.2) is 54.6 Å². The molecule has 5 nitrogen and oxygen atoms in total. The van der Waals surface area contributed by atoms with Crippen LogP contribution in [0.2, 0.25) is 0 Å². The maximum atomic E-state index is 12.8. The predicted octanol–water partition coefficient (Wildman–Crippen LogP) is 4.16. The van der Waals surface area contributed by atoms with Gasteiger partial charge in [0.2, 0.25) is 6.10 Å². The Morgan fingerprint density at radius 2 is 1.73 bits per heavy atom. The van der Waals surface area contributed by atoms with E-state index in [9.17, 15) is 14.4 Å². The highest BCUT2D eigenvalue weighted by Crippen LogP contribution is 2.22. The van der Waals surface area contributed by atoms with Crippen molar-refractivity contribution >= 4 is 23.3 Å². The number of amides is 1. The highest BCUT2D eigenvalue weighted by atomic mass is 16.5. The summed E-state index contributed by atoms with van der Waals surface area (Å²) in [6.07, 6.45) is -0.429. The van der Waals surface area contributed by atoms with Crippen molar-refractivity contribution in [3.8, 4) is 0 Å². The number of esters is 1. The fourth-order valence-corrected chi connectivity index (χ4v) is 2.32. The highest BCUT2D eigenvalue weighted by molar-refractivity contribution is 5.99. The van der Waals surface area contributed by atoms with Gasteiger partial charge in [0.25, 0.3) is 5.91 Å². The van der Waals surface area contributed by atoms with Gasteiger partial charge in [-0.2, -0.15) is 0 Å². The number of ether oxygens (including phenoxy) is 1. The number of rotatable bonds is 7. The third-order valence-electron chi connectivity index (χ3n) is 4.13. The zero-order chi connectivity index (χ0) is 19.1. The number of carbonyl (C=O) groups is 3. The van der Waals surface area contributed by atoms with Crippen LogP contribution >= 0.6 is 0 Å². The molecule has 2 aromatic carbocycles. The zero-order valence-corrected chi connectivity index (χ0v) is 15.2. The van der Waals surface area contributed by atoms with Crippen molar-refractivity contribution in [1.29, 1.82) is 0 Å². The summed E-state index contributed by atoms with van der Waals surface area (Å²) in [5, 5.41) is 2.73. The molecule has 26 heavy (non-hydrogen) atoms. The summed E-state index contributed by atoms with van der Waals surface area (Å²) in [4.78, 5) is 36.5. The number of anilines is 1. The van der Waals surface area contributed by atoms with E-state index in [0.717, 1.165) is 0 Å². The highest BCUT2D eigenvalue weighted by Gasteiger charge is 2.27. The van der Waals surface area contributed by atoms with Crippen LogP contribution < -0.4 is 5.32 Å². The Morgan fingerprint density at radius 1 is 1.04 bits per heavy atom. The molecule has 0 aliphatic carbocycles. The standard InChI is InChI=1S/C21H23NO4/c1-4-14(2)21(25)26-19(16-9-6-5-7-10-16)20(24)22-18-12-8-11-17(13-18)15(3)23/h5-14,19H,4H2,1-3H3,(H,22,24)/t14-,19-/m0/s1. The fourth-order valence-electron chi connectivity index (χ4n) is 2.32. The van der Waals surface area contributed by atoms with Crippen molar-refractivity contribution in [3.63, 3.8) is 0 Å². The Morgan fingerprint density at radius 3 is 2.35 bits per heavy atom. The number of benzene rings is 2. The average Bonchev–Trinajstić information content (AvgIpc) is 2.65. The van der Waals surface area contributed by atoms with Gasteiger partial charge in [0.1, 0.15) is 0 Å². The molecule has 0 saturated carbocycles. The van der Waals surface area contributed by atoms with Crippen molar-refractivity contribution < 1.29 is 19.1 Å². The van der Waals surface area contributed by atoms with Gasteiger partial charge in [-0.25, -0.2) is 0 Å². The number of Topliss-reactive ketones (excluding diaryl/α,β-unsaturated/α-hetero) is 1. The van der Waals surface area contributed by atoms with Crippen LogP contribution in [0.3, 0.4) is 0 Å². The lowest BCUT2D eigenvalue weighted by molar-refractivity contribution is -0.158. The molecule has 5 heteroatoms. The van der Waals surface area contributed by atoms with Crippen molar-refractivity contribution in [1.82, 2.24) is 0 Å². The Kier molecular flexibility index (Phi) is 6.67. The first-order valence-corrected chi connectivity index (χ1v) is 8.59. The Balaban J connectivity index is 2.24. The van der Waals surface area contributed by atoms with E-state index >= 15 is 0 Å². The van der Waals surface area contributed by atoms with Gasteiger partial charge in [0.05, 0.1) is 5.92 Å². The molecule has 0 aliphatic heterocycles. The molecule has 0 heterocycles. The largest absolute Gasteiger partial charge is 0.447 e. The molecule has 2 atom stereocenters. The van der Waals surface area contributed by atoms with E-state index in [1.54, 1.807) is 55.5 Å². The Bertz CT molecular complexity index is 786. The number of carbonyl (C=O) groups excluding carboxylic acids is 3. The second kappa shape index (κ2) is 8.94. The van der Waals surface area contributed by atoms with Gasteiger partial charge >= 0.3 is 5.97 Å². The van der Waals surface area contributed by atoms with Crippen molar-refractivity contribution in [2.75, 3.05) is 5.32 Å². The van der Waals surface area contributed by atoms with Crippen LogP contribution in [0.4, 0.5) is 5.69 Å². The third kappa shape index (κ3) is 5.02. The SMILES string of the molecule is CC[C@H](C)C(=O)O[C@H](C(=O)Nc1cccc(C(C)=O)c1)c1ccccc1. The molecule has 0 saturated heterocycles. The molecule has 0 bridgehead atoms. The number of hydrogen-bond donors (Lipinski definition) is 1. The number of ketones is 1. The third-order valence-corrected chi connectivity index (χ3v) is 4.13. The first kappa shape index (κ1) is 19.4. The summed E-state index contributed by atoms with van der Waals surface area (Å²) in [5.41, 5.74) is 1.56. The molecule has 0 spiro atoms. The summed E-state index contributed by atoms with van der Waals surface area (Å²) in [6.45, 7) is 5.11. The summed E-state index contributed by atoms with van der Waals surface area (Å²) in [7, 11) is 0. The summed E-state index contributed by atoms with van der Waals surface area (Å²) in [6, 6.07) is 15.5. The summed E-state index contributed by atoms with van der Waals surface area (Å²) >= 11 is 0.